The van der Waals surface area contributed by atoms with Gasteiger partial charge in [-0.05, 0) is 54.1 Å². The Hall–Kier alpha value is -3.08. The molecule has 0 saturated heterocycles. The van der Waals surface area contributed by atoms with Crippen LogP contribution in [0, 0.1) is 11.3 Å². The van der Waals surface area contributed by atoms with Gasteiger partial charge in [-0.15, -0.1) is 11.3 Å². The molecule has 1 unspecified atom stereocenters. The predicted molar refractivity (Wildman–Crippen MR) is 127 cm³/mol. The van der Waals surface area contributed by atoms with E-state index in [1.807, 2.05) is 4.72 Å². The van der Waals surface area contributed by atoms with Crippen LogP contribution in [0.1, 0.15) is 11.1 Å². The summed E-state index contributed by atoms with van der Waals surface area (Å²) in [6.07, 6.45) is -4.48. The number of hydrogen-bond donors (Lipinski definition) is 3. The van der Waals surface area contributed by atoms with Gasteiger partial charge in [-0.25, -0.2) is 13.0 Å². The highest BCUT2D eigenvalue weighted by Crippen LogP contribution is 2.44. The van der Waals surface area contributed by atoms with Crippen LogP contribution in [-0.2, 0) is 20.8 Å². The number of thiophene rings is 1. The van der Waals surface area contributed by atoms with Gasteiger partial charge in [-0.3, -0.25) is 0 Å². The van der Waals surface area contributed by atoms with Gasteiger partial charge in [-0.1, -0.05) is 6.58 Å². The average molecular weight is 562 g/mol. The highest BCUT2D eigenvalue weighted by Gasteiger charge is 2.35. The second-order valence-electron chi connectivity index (χ2n) is 7.12. The second-order valence-corrected chi connectivity index (χ2v) is 12.0. The van der Waals surface area contributed by atoms with E-state index in [1.165, 1.54) is 18.3 Å². The predicted octanol–water partition coefficient (Wildman–Crippen LogP) is 4.40. The number of halogens is 3. The first-order valence-electron chi connectivity index (χ1n) is 9.98. The highest BCUT2D eigenvalue weighted by atomic mass is 32.2. The lowest BCUT2D eigenvalue weighted by molar-refractivity contribution is -0.137. The maximum absolute atomic E-state index is 13.1. The third-order valence-corrected chi connectivity index (χ3v) is 8.77. The Balaban J connectivity index is 1.71. The average Bonchev–Trinajstić information content (AvgIpc) is 3.24. The Morgan fingerprint density at radius 2 is 1.92 bits per heavy atom. The van der Waals surface area contributed by atoms with Gasteiger partial charge in [0.25, 0.3) is 10.0 Å². The first kappa shape index (κ1) is 27.5. The number of fused-ring (bicyclic) bond motifs is 1. The largest absolute Gasteiger partial charge is 0.492 e. The van der Waals surface area contributed by atoms with E-state index in [4.69, 9.17) is 14.5 Å². The van der Waals surface area contributed by atoms with E-state index in [1.54, 1.807) is 18.2 Å². The SMILES string of the molecule is C=CNCCOc1ccc2sc(S(=O)(=O)NCP(=O)(O)Oc3ccc(C#N)c(C(F)(F)F)c3)cc2c1. The fourth-order valence-corrected chi connectivity index (χ4v) is 6.82. The van der Waals surface area contributed by atoms with Gasteiger partial charge in [0.2, 0.25) is 0 Å². The van der Waals surface area contributed by atoms with E-state index in [2.05, 4.69) is 11.9 Å². The summed E-state index contributed by atoms with van der Waals surface area (Å²) in [5, 5.41) is 12.3. The zero-order valence-electron chi connectivity index (χ0n) is 18.3. The van der Waals surface area contributed by atoms with Gasteiger partial charge in [-0.2, -0.15) is 23.2 Å². The number of nitriles is 1. The van der Waals surface area contributed by atoms with Crippen molar-refractivity contribution >= 4 is 39.0 Å². The standard InChI is InChI=1S/C21H19F3N3O6PS2/c1-2-26-7-8-32-16-5-6-19-15(9-16)10-20(35-19)36(30,31)27-13-34(28,29)33-17-4-3-14(12-25)18(11-17)21(22,23)24/h2-6,9-11,26-27H,1,7-8,13H2,(H,28,29). The molecule has 1 heterocycles. The molecule has 0 fully saturated rings. The Bertz CT molecular complexity index is 1470. The smallest absolute Gasteiger partial charge is 0.417 e. The van der Waals surface area contributed by atoms with E-state index in [9.17, 15) is 31.0 Å². The minimum absolute atomic E-state index is 0.152. The number of sulfonamides is 1. The zero-order valence-corrected chi connectivity index (χ0v) is 20.8. The molecular formula is C21H19F3N3O6PS2. The molecule has 9 nitrogen and oxygen atoms in total. The molecule has 2 aromatic carbocycles. The van der Waals surface area contributed by atoms with Gasteiger partial charge in [0.1, 0.15) is 28.6 Å². The molecular weight excluding hydrogens is 542 g/mol. The van der Waals surface area contributed by atoms with Crippen LogP contribution in [0.3, 0.4) is 0 Å². The maximum Gasteiger partial charge on any atom is 0.417 e. The van der Waals surface area contributed by atoms with Crippen molar-refractivity contribution in [2.24, 2.45) is 0 Å². The Morgan fingerprint density at radius 3 is 2.58 bits per heavy atom. The van der Waals surface area contributed by atoms with Crippen molar-refractivity contribution in [2.45, 2.75) is 10.4 Å². The number of nitrogens with zero attached hydrogens (tertiary/aromatic N) is 1. The Labute approximate surface area is 208 Å². The van der Waals surface area contributed by atoms with Gasteiger partial charge in [0.05, 0.1) is 17.2 Å². The number of nitrogens with one attached hydrogen (secondary N) is 2. The third-order valence-electron chi connectivity index (χ3n) is 4.51. The molecule has 0 saturated carbocycles. The number of hydrogen-bond acceptors (Lipinski definition) is 8. The lowest BCUT2D eigenvalue weighted by Crippen LogP contribution is -2.25. The van der Waals surface area contributed by atoms with Crippen LogP contribution in [0.15, 0.2) is 59.5 Å². The lowest BCUT2D eigenvalue weighted by Gasteiger charge is -2.16. The minimum atomic E-state index is -4.90. The molecule has 0 amide bonds. The Kier molecular flexibility index (Phi) is 8.33. The van der Waals surface area contributed by atoms with Crippen molar-refractivity contribution in [3.05, 3.63) is 66.4 Å². The molecule has 0 aliphatic rings. The molecule has 1 atom stereocenters. The van der Waals surface area contributed by atoms with Crippen molar-refractivity contribution < 1.29 is 40.3 Å². The molecule has 0 aliphatic heterocycles. The van der Waals surface area contributed by atoms with Crippen LogP contribution >= 0.6 is 18.9 Å². The van der Waals surface area contributed by atoms with Crippen molar-refractivity contribution in [1.29, 1.82) is 5.26 Å². The summed E-state index contributed by atoms with van der Waals surface area (Å²) in [5.41, 5.74) is -2.05. The first-order chi connectivity index (χ1) is 16.8. The molecule has 3 N–H and O–H groups in total. The van der Waals surface area contributed by atoms with Crippen LogP contribution in [0.5, 0.6) is 11.5 Å². The molecule has 3 aromatic rings. The van der Waals surface area contributed by atoms with Crippen molar-refractivity contribution in [3.63, 3.8) is 0 Å². The number of alkyl halides is 3. The van der Waals surface area contributed by atoms with Crippen molar-refractivity contribution in [2.75, 3.05) is 19.4 Å². The van der Waals surface area contributed by atoms with E-state index in [0.717, 1.165) is 23.5 Å². The number of benzene rings is 2. The summed E-state index contributed by atoms with van der Waals surface area (Å²) in [4.78, 5) is 10.0. The van der Waals surface area contributed by atoms with Crippen molar-refractivity contribution in [1.82, 2.24) is 10.0 Å². The second kappa shape index (κ2) is 10.9. The third kappa shape index (κ3) is 6.99. The summed E-state index contributed by atoms with van der Waals surface area (Å²) in [6, 6.07) is 9.79. The number of rotatable bonds is 11. The highest BCUT2D eigenvalue weighted by molar-refractivity contribution is 7.92. The van der Waals surface area contributed by atoms with Crippen molar-refractivity contribution in [3.8, 4) is 17.6 Å². The fraction of sp³-hybridized carbons (Fsp3) is 0.190. The van der Waals surface area contributed by atoms with Gasteiger partial charge >= 0.3 is 13.8 Å². The van der Waals surface area contributed by atoms with Crippen LogP contribution < -0.4 is 19.3 Å². The first-order valence-corrected chi connectivity index (χ1v) is 14.0. The van der Waals surface area contributed by atoms with Crippen LogP contribution in [0.2, 0.25) is 0 Å². The molecule has 3 rings (SSSR count). The van der Waals surface area contributed by atoms with Crippen LogP contribution in [0.25, 0.3) is 10.1 Å². The van der Waals surface area contributed by atoms with Gasteiger partial charge < -0.3 is 19.5 Å². The zero-order chi connectivity index (χ0) is 26.6. The summed E-state index contributed by atoms with van der Waals surface area (Å²) in [5.74, 6) is -0.138. The Morgan fingerprint density at radius 1 is 1.19 bits per heavy atom. The summed E-state index contributed by atoms with van der Waals surface area (Å²) >= 11 is 0.909. The fourth-order valence-electron chi connectivity index (χ4n) is 2.90. The topological polar surface area (TPSA) is 138 Å². The van der Waals surface area contributed by atoms with Gasteiger partial charge in [0, 0.05) is 11.2 Å². The summed E-state index contributed by atoms with van der Waals surface area (Å²) < 4.78 is 89.8. The number of ether oxygens (including phenoxy) is 1. The van der Waals surface area contributed by atoms with Crippen LogP contribution in [-0.4, -0.2) is 32.7 Å². The molecule has 0 bridgehead atoms. The monoisotopic (exact) mass is 561 g/mol. The molecule has 15 heteroatoms. The molecule has 0 radical (unpaired) electrons. The van der Waals surface area contributed by atoms with E-state index < -0.39 is 47.0 Å². The van der Waals surface area contributed by atoms with E-state index in [-0.39, 0.29) is 4.21 Å². The summed E-state index contributed by atoms with van der Waals surface area (Å²) in [7, 11) is -9.01. The van der Waals surface area contributed by atoms with E-state index >= 15 is 0 Å². The normalized spacial score (nSPS) is 13.5. The summed E-state index contributed by atoms with van der Waals surface area (Å²) in [6.45, 7) is 4.40. The van der Waals surface area contributed by atoms with E-state index in [0.29, 0.717) is 35.1 Å². The maximum atomic E-state index is 13.1. The quantitative estimate of drug-likeness (QED) is 0.231. The minimum Gasteiger partial charge on any atom is -0.492 e. The molecule has 192 valence electrons. The molecule has 36 heavy (non-hydrogen) atoms. The van der Waals surface area contributed by atoms with Crippen LogP contribution in [0.4, 0.5) is 13.2 Å². The molecule has 0 aliphatic carbocycles. The van der Waals surface area contributed by atoms with Gasteiger partial charge in [0.15, 0.2) is 0 Å². The molecule has 1 aromatic heterocycles. The molecule has 0 spiro atoms. The lowest BCUT2D eigenvalue weighted by atomic mass is 10.1.